The second-order valence-corrected chi connectivity index (χ2v) is 6.03. The van der Waals surface area contributed by atoms with Crippen LogP contribution in [0.2, 0.25) is 0 Å². The monoisotopic (exact) mass is 357 g/mol. The number of ether oxygens (including phenoxy) is 1. The lowest BCUT2D eigenvalue weighted by atomic mass is 9.86. The van der Waals surface area contributed by atoms with Crippen molar-refractivity contribution >= 4 is 27.8 Å². The Balaban J connectivity index is 1.89. The zero-order valence-electron chi connectivity index (χ0n) is 11.7. The molecule has 1 aromatic rings. The minimum Gasteiger partial charge on any atom is -0.469 e. The van der Waals surface area contributed by atoms with E-state index in [1.807, 2.05) is 0 Å². The molecule has 21 heavy (non-hydrogen) atoms. The van der Waals surface area contributed by atoms with Crippen molar-refractivity contribution in [2.45, 2.75) is 31.7 Å². The predicted octanol–water partition coefficient (Wildman–Crippen LogP) is 3.05. The van der Waals surface area contributed by atoms with Crippen LogP contribution in [0.4, 0.5) is 4.39 Å². The fourth-order valence-electron chi connectivity index (χ4n) is 2.55. The van der Waals surface area contributed by atoms with Crippen molar-refractivity contribution in [2.75, 3.05) is 7.11 Å². The molecule has 0 saturated heterocycles. The third kappa shape index (κ3) is 4.03. The lowest BCUT2D eigenvalue weighted by molar-refractivity contribution is -0.146. The van der Waals surface area contributed by atoms with E-state index in [9.17, 15) is 14.0 Å². The van der Waals surface area contributed by atoms with E-state index >= 15 is 0 Å². The summed E-state index contributed by atoms with van der Waals surface area (Å²) in [7, 11) is 1.39. The van der Waals surface area contributed by atoms with Crippen LogP contribution in [0.5, 0.6) is 0 Å². The molecule has 1 fully saturated rings. The second-order valence-electron chi connectivity index (χ2n) is 5.17. The van der Waals surface area contributed by atoms with Gasteiger partial charge in [0.2, 0.25) is 0 Å². The fraction of sp³-hybridized carbons (Fsp3) is 0.467. The van der Waals surface area contributed by atoms with Gasteiger partial charge < -0.3 is 10.1 Å². The highest BCUT2D eigenvalue weighted by Gasteiger charge is 2.27. The van der Waals surface area contributed by atoms with Crippen LogP contribution in [0.15, 0.2) is 22.7 Å². The molecular formula is C15H17BrFNO3. The molecule has 0 spiro atoms. The van der Waals surface area contributed by atoms with Crippen molar-refractivity contribution in [2.24, 2.45) is 5.92 Å². The SMILES string of the molecule is COC(=O)C1CCC(NC(=O)c2ccc(F)c(Br)c2)CC1. The van der Waals surface area contributed by atoms with Gasteiger partial charge in [0.1, 0.15) is 5.82 Å². The Morgan fingerprint density at radius 3 is 2.52 bits per heavy atom. The van der Waals surface area contributed by atoms with Crippen LogP contribution < -0.4 is 5.32 Å². The van der Waals surface area contributed by atoms with Gasteiger partial charge in [0, 0.05) is 11.6 Å². The van der Waals surface area contributed by atoms with Crippen molar-refractivity contribution < 1.29 is 18.7 Å². The molecule has 1 aliphatic carbocycles. The molecule has 1 N–H and O–H groups in total. The van der Waals surface area contributed by atoms with Gasteiger partial charge in [-0.15, -0.1) is 0 Å². The van der Waals surface area contributed by atoms with E-state index in [0.29, 0.717) is 18.4 Å². The van der Waals surface area contributed by atoms with E-state index in [4.69, 9.17) is 4.74 Å². The first-order chi connectivity index (χ1) is 10.0. The average Bonchev–Trinajstić information content (AvgIpc) is 2.50. The molecule has 0 atom stereocenters. The zero-order chi connectivity index (χ0) is 15.4. The second kappa shape index (κ2) is 7.02. The number of halogens is 2. The highest BCUT2D eigenvalue weighted by Crippen LogP contribution is 2.25. The highest BCUT2D eigenvalue weighted by molar-refractivity contribution is 9.10. The van der Waals surface area contributed by atoms with Gasteiger partial charge in [-0.3, -0.25) is 9.59 Å². The molecule has 1 saturated carbocycles. The lowest BCUT2D eigenvalue weighted by Crippen LogP contribution is -2.38. The van der Waals surface area contributed by atoms with Crippen LogP contribution in [0.25, 0.3) is 0 Å². The van der Waals surface area contributed by atoms with Gasteiger partial charge in [-0.1, -0.05) is 0 Å². The maximum atomic E-state index is 13.2. The largest absolute Gasteiger partial charge is 0.469 e. The Labute approximate surface area is 131 Å². The normalized spacial score (nSPS) is 21.7. The van der Waals surface area contributed by atoms with Crippen molar-refractivity contribution in [3.8, 4) is 0 Å². The molecular weight excluding hydrogens is 341 g/mol. The number of hydrogen-bond donors (Lipinski definition) is 1. The molecule has 4 nitrogen and oxygen atoms in total. The van der Waals surface area contributed by atoms with Crippen molar-refractivity contribution in [3.63, 3.8) is 0 Å². The predicted molar refractivity (Wildman–Crippen MR) is 79.3 cm³/mol. The molecule has 1 aromatic carbocycles. The van der Waals surface area contributed by atoms with Crippen molar-refractivity contribution in [1.29, 1.82) is 0 Å². The number of hydrogen-bond acceptors (Lipinski definition) is 3. The van der Waals surface area contributed by atoms with E-state index in [-0.39, 0.29) is 28.3 Å². The average molecular weight is 358 g/mol. The van der Waals surface area contributed by atoms with Crippen LogP contribution in [-0.2, 0) is 9.53 Å². The van der Waals surface area contributed by atoms with E-state index < -0.39 is 5.82 Å². The summed E-state index contributed by atoms with van der Waals surface area (Å²) in [6, 6.07) is 4.22. The number of esters is 1. The summed E-state index contributed by atoms with van der Waals surface area (Å²) in [5, 5.41) is 2.92. The van der Waals surface area contributed by atoms with Gasteiger partial charge in [0.15, 0.2) is 0 Å². The van der Waals surface area contributed by atoms with Crippen LogP contribution in [-0.4, -0.2) is 25.0 Å². The van der Waals surface area contributed by atoms with E-state index in [0.717, 1.165) is 12.8 Å². The molecule has 2 rings (SSSR count). The molecule has 0 heterocycles. The molecule has 6 heteroatoms. The summed E-state index contributed by atoms with van der Waals surface area (Å²) >= 11 is 3.06. The van der Waals surface area contributed by atoms with Crippen LogP contribution in [0.3, 0.4) is 0 Å². The number of carbonyl (C=O) groups excluding carboxylic acids is 2. The standard InChI is InChI=1S/C15H17BrFNO3/c1-21-15(20)9-2-5-11(6-3-9)18-14(19)10-4-7-13(17)12(16)8-10/h4,7-9,11H,2-3,5-6H2,1H3,(H,18,19). The quantitative estimate of drug-likeness (QED) is 0.845. The summed E-state index contributed by atoms with van der Waals surface area (Å²) in [5.74, 6) is -0.868. The van der Waals surface area contributed by atoms with E-state index in [1.165, 1.54) is 25.3 Å². The van der Waals surface area contributed by atoms with E-state index in [2.05, 4.69) is 21.2 Å². The molecule has 0 aromatic heterocycles. The molecule has 0 unspecified atom stereocenters. The Bertz CT molecular complexity index is 542. The van der Waals surface area contributed by atoms with Crippen LogP contribution >= 0.6 is 15.9 Å². The smallest absolute Gasteiger partial charge is 0.308 e. The number of amides is 1. The molecule has 1 aliphatic rings. The summed E-state index contributed by atoms with van der Waals surface area (Å²) in [6.45, 7) is 0. The van der Waals surface area contributed by atoms with Gasteiger partial charge in [0.05, 0.1) is 17.5 Å². The van der Waals surface area contributed by atoms with Crippen LogP contribution in [0.1, 0.15) is 36.0 Å². The fourth-order valence-corrected chi connectivity index (χ4v) is 2.93. The Morgan fingerprint density at radius 1 is 1.29 bits per heavy atom. The zero-order valence-corrected chi connectivity index (χ0v) is 13.3. The molecule has 0 bridgehead atoms. The maximum absolute atomic E-state index is 13.2. The third-order valence-corrected chi connectivity index (χ3v) is 4.39. The molecule has 114 valence electrons. The molecule has 1 amide bonds. The first kappa shape index (κ1) is 15.9. The summed E-state index contributed by atoms with van der Waals surface area (Å²) in [4.78, 5) is 23.5. The lowest BCUT2D eigenvalue weighted by Gasteiger charge is -2.27. The van der Waals surface area contributed by atoms with E-state index in [1.54, 1.807) is 0 Å². The number of carbonyl (C=O) groups is 2. The minimum atomic E-state index is -0.398. The summed E-state index contributed by atoms with van der Waals surface area (Å²) < 4.78 is 18.2. The van der Waals surface area contributed by atoms with Crippen LogP contribution in [0, 0.1) is 11.7 Å². The summed E-state index contributed by atoms with van der Waals surface area (Å²) in [5.41, 5.74) is 0.415. The number of methoxy groups -OCH3 is 1. The Kier molecular flexibility index (Phi) is 5.33. The van der Waals surface area contributed by atoms with Gasteiger partial charge in [-0.2, -0.15) is 0 Å². The first-order valence-corrected chi connectivity index (χ1v) is 7.64. The minimum absolute atomic E-state index is 0.0437. The Hall–Kier alpha value is -1.43. The summed E-state index contributed by atoms with van der Waals surface area (Å²) in [6.07, 6.45) is 2.91. The van der Waals surface area contributed by atoms with Crippen molar-refractivity contribution in [1.82, 2.24) is 5.32 Å². The number of rotatable bonds is 3. The number of benzene rings is 1. The topological polar surface area (TPSA) is 55.4 Å². The molecule has 0 radical (unpaired) electrons. The van der Waals surface area contributed by atoms with Gasteiger partial charge >= 0.3 is 5.97 Å². The maximum Gasteiger partial charge on any atom is 0.308 e. The Morgan fingerprint density at radius 2 is 1.95 bits per heavy atom. The number of nitrogens with one attached hydrogen (secondary N) is 1. The highest BCUT2D eigenvalue weighted by atomic mass is 79.9. The van der Waals surface area contributed by atoms with Crippen molar-refractivity contribution in [3.05, 3.63) is 34.1 Å². The van der Waals surface area contributed by atoms with Gasteiger partial charge in [-0.25, -0.2) is 4.39 Å². The van der Waals surface area contributed by atoms with Gasteiger partial charge in [0.25, 0.3) is 5.91 Å². The van der Waals surface area contributed by atoms with Gasteiger partial charge in [-0.05, 0) is 59.8 Å². The molecule has 0 aliphatic heterocycles. The third-order valence-electron chi connectivity index (χ3n) is 3.78. The first-order valence-electron chi connectivity index (χ1n) is 6.85.